The van der Waals surface area contributed by atoms with E-state index in [-0.39, 0.29) is 17.5 Å². The Hall–Kier alpha value is -2.48. The largest absolute Gasteiger partial charge is 0.467 e. The van der Waals surface area contributed by atoms with Gasteiger partial charge < -0.3 is 18.8 Å². The second-order valence-corrected chi connectivity index (χ2v) is 7.95. The second kappa shape index (κ2) is 10.0. The SMILES string of the molecule is CCCCNC(=O)N(Cc1ccc(OS(=O)(=O)CC)cc1)Cc1ccco1. The summed E-state index contributed by atoms with van der Waals surface area (Å²) in [5.41, 5.74) is 0.855. The van der Waals surface area contributed by atoms with Crippen LogP contribution in [-0.4, -0.2) is 31.6 Å². The van der Waals surface area contributed by atoms with E-state index in [2.05, 4.69) is 12.2 Å². The van der Waals surface area contributed by atoms with Crippen LogP contribution < -0.4 is 9.50 Å². The van der Waals surface area contributed by atoms with E-state index < -0.39 is 10.1 Å². The van der Waals surface area contributed by atoms with Crippen molar-refractivity contribution >= 4 is 16.1 Å². The molecule has 2 aromatic rings. The van der Waals surface area contributed by atoms with Crippen molar-refractivity contribution in [1.29, 1.82) is 0 Å². The van der Waals surface area contributed by atoms with Crippen molar-refractivity contribution in [2.45, 2.75) is 39.8 Å². The second-order valence-electron chi connectivity index (χ2n) is 6.09. The first-order valence-corrected chi connectivity index (χ1v) is 10.6. The molecule has 0 saturated carbocycles. The quantitative estimate of drug-likeness (QED) is 0.492. The van der Waals surface area contributed by atoms with Crippen molar-refractivity contribution in [3.63, 3.8) is 0 Å². The molecule has 0 aliphatic carbocycles. The number of hydrogen-bond donors (Lipinski definition) is 1. The molecule has 148 valence electrons. The zero-order valence-electron chi connectivity index (χ0n) is 15.7. The number of nitrogens with zero attached hydrogens (tertiary/aromatic N) is 1. The van der Waals surface area contributed by atoms with Crippen LogP contribution in [-0.2, 0) is 23.2 Å². The van der Waals surface area contributed by atoms with Gasteiger partial charge in [-0.15, -0.1) is 0 Å². The van der Waals surface area contributed by atoms with Crippen LogP contribution in [0, 0.1) is 0 Å². The Morgan fingerprint density at radius 2 is 1.89 bits per heavy atom. The van der Waals surface area contributed by atoms with E-state index in [9.17, 15) is 13.2 Å². The molecule has 1 aromatic carbocycles. The summed E-state index contributed by atoms with van der Waals surface area (Å²) in [4.78, 5) is 14.2. The maximum absolute atomic E-state index is 12.5. The highest BCUT2D eigenvalue weighted by Crippen LogP contribution is 2.17. The number of unbranched alkanes of at least 4 members (excludes halogenated alkanes) is 1. The van der Waals surface area contributed by atoms with Gasteiger partial charge in [0, 0.05) is 13.1 Å². The van der Waals surface area contributed by atoms with E-state index in [1.807, 2.05) is 6.07 Å². The molecule has 0 bridgehead atoms. The summed E-state index contributed by atoms with van der Waals surface area (Å²) in [6.07, 6.45) is 3.49. The molecule has 27 heavy (non-hydrogen) atoms. The molecule has 0 fully saturated rings. The van der Waals surface area contributed by atoms with Gasteiger partial charge in [-0.25, -0.2) is 4.79 Å². The number of carbonyl (C=O) groups is 1. The van der Waals surface area contributed by atoms with Crippen LogP contribution in [0.15, 0.2) is 47.1 Å². The van der Waals surface area contributed by atoms with Crippen molar-refractivity contribution in [3.05, 3.63) is 54.0 Å². The molecule has 2 amide bonds. The van der Waals surface area contributed by atoms with Gasteiger partial charge in [-0.2, -0.15) is 8.42 Å². The van der Waals surface area contributed by atoms with Crippen LogP contribution in [0.5, 0.6) is 5.75 Å². The first-order valence-electron chi connectivity index (χ1n) is 8.99. The highest BCUT2D eigenvalue weighted by atomic mass is 32.2. The number of hydrogen-bond acceptors (Lipinski definition) is 5. The molecule has 1 aromatic heterocycles. The fourth-order valence-electron chi connectivity index (χ4n) is 2.35. The summed E-state index contributed by atoms with van der Waals surface area (Å²) in [6.45, 7) is 4.90. The van der Waals surface area contributed by atoms with Crippen LogP contribution in [0.4, 0.5) is 4.79 Å². The highest BCUT2D eigenvalue weighted by Gasteiger charge is 2.16. The van der Waals surface area contributed by atoms with Gasteiger partial charge in [0.15, 0.2) is 0 Å². The average molecular weight is 394 g/mol. The normalized spacial score (nSPS) is 11.2. The molecule has 0 radical (unpaired) electrons. The standard InChI is InChI=1S/C19H26N2O5S/c1-3-5-12-20-19(22)21(15-18-7-6-13-25-18)14-16-8-10-17(11-9-16)26-27(23,24)4-2/h6-11,13H,3-5,12,14-15H2,1-2H3,(H,20,22). The topological polar surface area (TPSA) is 88.9 Å². The third-order valence-electron chi connectivity index (χ3n) is 3.89. The van der Waals surface area contributed by atoms with Crippen molar-refractivity contribution in [1.82, 2.24) is 10.2 Å². The fraction of sp³-hybridized carbons (Fsp3) is 0.421. The van der Waals surface area contributed by atoms with Crippen LogP contribution in [0.3, 0.4) is 0 Å². The summed E-state index contributed by atoms with van der Waals surface area (Å²) < 4.78 is 33.4. The predicted molar refractivity (Wildman–Crippen MR) is 103 cm³/mol. The van der Waals surface area contributed by atoms with E-state index in [1.54, 1.807) is 41.5 Å². The third kappa shape index (κ3) is 6.97. The molecule has 0 saturated heterocycles. The zero-order valence-corrected chi connectivity index (χ0v) is 16.5. The van der Waals surface area contributed by atoms with Gasteiger partial charge in [-0.1, -0.05) is 25.5 Å². The molecular formula is C19H26N2O5S. The smallest absolute Gasteiger partial charge is 0.318 e. The molecular weight excluding hydrogens is 368 g/mol. The molecule has 1 heterocycles. The van der Waals surface area contributed by atoms with Gasteiger partial charge in [-0.05, 0) is 43.2 Å². The first-order chi connectivity index (χ1) is 12.9. The molecule has 0 aliphatic rings. The number of amides is 2. The van der Waals surface area contributed by atoms with Gasteiger partial charge >= 0.3 is 16.1 Å². The molecule has 2 rings (SSSR count). The lowest BCUT2D eigenvalue weighted by molar-refractivity contribution is 0.187. The fourth-order valence-corrected chi connectivity index (χ4v) is 2.87. The average Bonchev–Trinajstić information content (AvgIpc) is 3.16. The van der Waals surface area contributed by atoms with Crippen molar-refractivity contribution in [2.75, 3.05) is 12.3 Å². The van der Waals surface area contributed by atoms with E-state index >= 15 is 0 Å². The van der Waals surface area contributed by atoms with E-state index in [0.717, 1.165) is 18.4 Å². The Bertz CT molecular complexity index is 801. The Balaban J connectivity index is 2.05. The summed E-state index contributed by atoms with van der Waals surface area (Å²) in [5, 5.41) is 2.91. The van der Waals surface area contributed by atoms with Crippen LogP contribution in [0.1, 0.15) is 38.0 Å². The minimum atomic E-state index is -3.56. The highest BCUT2D eigenvalue weighted by molar-refractivity contribution is 7.87. The maximum atomic E-state index is 12.5. The lowest BCUT2D eigenvalue weighted by Crippen LogP contribution is -2.39. The van der Waals surface area contributed by atoms with Gasteiger partial charge in [0.25, 0.3) is 0 Å². The number of furan rings is 1. The zero-order chi connectivity index (χ0) is 19.7. The Kier molecular flexibility index (Phi) is 7.72. The summed E-state index contributed by atoms with van der Waals surface area (Å²) in [7, 11) is -3.56. The van der Waals surface area contributed by atoms with Gasteiger partial charge in [0.1, 0.15) is 11.5 Å². The van der Waals surface area contributed by atoms with Crippen LogP contribution >= 0.6 is 0 Å². The van der Waals surface area contributed by atoms with Gasteiger partial charge in [-0.3, -0.25) is 0 Å². The Morgan fingerprint density at radius 1 is 1.15 bits per heavy atom. The monoisotopic (exact) mass is 394 g/mol. The molecule has 1 N–H and O–H groups in total. The number of benzene rings is 1. The molecule has 0 aliphatic heterocycles. The number of nitrogens with one attached hydrogen (secondary N) is 1. The predicted octanol–water partition coefficient (Wildman–Crippen LogP) is 3.52. The Morgan fingerprint density at radius 3 is 2.48 bits per heavy atom. The summed E-state index contributed by atoms with van der Waals surface area (Å²) >= 11 is 0. The lowest BCUT2D eigenvalue weighted by Gasteiger charge is -2.22. The minimum absolute atomic E-state index is 0.0936. The van der Waals surface area contributed by atoms with Crippen LogP contribution in [0.25, 0.3) is 0 Å². The number of carbonyl (C=O) groups excluding carboxylic acids is 1. The number of rotatable bonds is 10. The van der Waals surface area contributed by atoms with Crippen molar-refractivity contribution in [2.24, 2.45) is 0 Å². The van der Waals surface area contributed by atoms with E-state index in [0.29, 0.717) is 25.4 Å². The van der Waals surface area contributed by atoms with Crippen LogP contribution in [0.2, 0.25) is 0 Å². The lowest BCUT2D eigenvalue weighted by atomic mass is 10.2. The van der Waals surface area contributed by atoms with E-state index in [4.69, 9.17) is 8.60 Å². The van der Waals surface area contributed by atoms with Crippen molar-refractivity contribution in [3.8, 4) is 5.75 Å². The van der Waals surface area contributed by atoms with Crippen molar-refractivity contribution < 1.29 is 21.8 Å². The molecule has 0 atom stereocenters. The molecule has 0 unspecified atom stereocenters. The van der Waals surface area contributed by atoms with Gasteiger partial charge in [0.05, 0.1) is 18.6 Å². The first kappa shape index (κ1) is 20.8. The molecule has 8 heteroatoms. The van der Waals surface area contributed by atoms with E-state index in [1.165, 1.54) is 6.92 Å². The molecule has 7 nitrogen and oxygen atoms in total. The Labute approximate surface area is 160 Å². The summed E-state index contributed by atoms with van der Waals surface area (Å²) in [5.74, 6) is 0.851. The third-order valence-corrected chi connectivity index (χ3v) is 5.05. The van der Waals surface area contributed by atoms with Gasteiger partial charge in [0.2, 0.25) is 0 Å². The maximum Gasteiger partial charge on any atom is 0.318 e. The summed E-state index contributed by atoms with van der Waals surface area (Å²) in [6, 6.07) is 10.1. The number of urea groups is 1. The minimum Gasteiger partial charge on any atom is -0.467 e. The molecule has 0 spiro atoms.